The first-order chi connectivity index (χ1) is 12.3. The van der Waals surface area contributed by atoms with Crippen LogP contribution in [0.5, 0.6) is 0 Å². The van der Waals surface area contributed by atoms with E-state index in [0.717, 1.165) is 16.9 Å². The summed E-state index contributed by atoms with van der Waals surface area (Å²) in [4.78, 5) is 36.5. The molecule has 1 aromatic heterocycles. The second kappa shape index (κ2) is 7.09. The van der Waals surface area contributed by atoms with Crippen LogP contribution < -0.4 is 11.1 Å². The van der Waals surface area contributed by atoms with Gasteiger partial charge in [0.15, 0.2) is 5.78 Å². The van der Waals surface area contributed by atoms with Gasteiger partial charge in [-0.05, 0) is 48.7 Å². The zero-order chi connectivity index (χ0) is 18.8. The molecule has 26 heavy (non-hydrogen) atoms. The van der Waals surface area contributed by atoms with Crippen LogP contribution in [0.3, 0.4) is 0 Å². The number of aryl methyl sites for hydroxylation is 1. The summed E-state index contributed by atoms with van der Waals surface area (Å²) in [6.45, 7) is 0. The Hall–Kier alpha value is -3.00. The molecular formula is C18H17N3O4S. The van der Waals surface area contributed by atoms with E-state index in [1.807, 2.05) is 0 Å². The molecule has 0 saturated carbocycles. The summed E-state index contributed by atoms with van der Waals surface area (Å²) in [5.41, 5.74) is 7.30. The average molecular weight is 371 g/mol. The fraction of sp³-hybridized carbons (Fsp3) is 0.222. The van der Waals surface area contributed by atoms with Crippen LogP contribution in [0.15, 0.2) is 30.3 Å². The van der Waals surface area contributed by atoms with E-state index in [-0.39, 0.29) is 23.9 Å². The van der Waals surface area contributed by atoms with E-state index < -0.39 is 11.9 Å². The Morgan fingerprint density at radius 3 is 2.65 bits per heavy atom. The molecule has 8 heteroatoms. The lowest BCUT2D eigenvalue weighted by Gasteiger charge is -2.22. The van der Waals surface area contributed by atoms with Crippen molar-refractivity contribution in [1.82, 2.24) is 0 Å². The quantitative estimate of drug-likeness (QED) is 0.473. The second-order valence-electron chi connectivity index (χ2n) is 6.10. The lowest BCUT2D eigenvalue weighted by atomic mass is 9.81. The minimum atomic E-state index is -0.975. The molecule has 7 nitrogen and oxygen atoms in total. The maximum atomic E-state index is 12.4. The van der Waals surface area contributed by atoms with Gasteiger partial charge in [0.25, 0.3) is 5.91 Å². The molecule has 0 aliphatic heterocycles. The van der Waals surface area contributed by atoms with Crippen LogP contribution in [0, 0.1) is 11.3 Å². The third-order valence-electron chi connectivity index (χ3n) is 4.28. The first kappa shape index (κ1) is 17.8. The van der Waals surface area contributed by atoms with E-state index in [1.54, 1.807) is 30.3 Å². The number of Topliss-reactive ketones (excluding diaryl/α,β-unsaturated/α-hetero) is 1. The summed E-state index contributed by atoms with van der Waals surface area (Å²) < 4.78 is 0. The smallest absolute Gasteiger partial charge is 0.304 e. The Kier molecular flexibility index (Phi) is 4.85. The number of aliphatic carboxylic acids is 1. The molecule has 1 unspecified atom stereocenters. The number of hydrogen-bond donors (Lipinski definition) is 4. The average Bonchev–Trinajstić information content (AvgIpc) is 3.07. The van der Waals surface area contributed by atoms with Crippen LogP contribution in [-0.2, 0) is 11.2 Å². The zero-order valence-electron chi connectivity index (χ0n) is 13.7. The Morgan fingerprint density at radius 1 is 1.27 bits per heavy atom. The fourth-order valence-electron chi connectivity index (χ4n) is 3.00. The molecule has 1 aliphatic rings. The first-order valence-electron chi connectivity index (χ1n) is 7.99. The van der Waals surface area contributed by atoms with Gasteiger partial charge in [-0.25, -0.2) is 0 Å². The number of carboxylic acids is 1. The van der Waals surface area contributed by atoms with Gasteiger partial charge in [-0.1, -0.05) is 0 Å². The molecule has 1 heterocycles. The van der Waals surface area contributed by atoms with E-state index >= 15 is 0 Å². The summed E-state index contributed by atoms with van der Waals surface area (Å²) >= 11 is 1.13. The SMILES string of the molecule is N=C(N)c1ccc(C(=O)Nc2ccc3c(c2)CCC(CC(=O)O)C3=O)s1. The highest BCUT2D eigenvalue weighted by molar-refractivity contribution is 7.16. The van der Waals surface area contributed by atoms with Crippen molar-refractivity contribution >= 4 is 40.5 Å². The maximum absolute atomic E-state index is 12.4. The van der Waals surface area contributed by atoms with Crippen LogP contribution >= 0.6 is 11.3 Å². The Bertz CT molecular complexity index is 919. The van der Waals surface area contributed by atoms with E-state index in [0.29, 0.717) is 33.8 Å². The highest BCUT2D eigenvalue weighted by Gasteiger charge is 2.29. The number of carbonyl (C=O) groups excluding carboxylic acids is 2. The van der Waals surface area contributed by atoms with Crippen LogP contribution in [0.2, 0.25) is 0 Å². The monoisotopic (exact) mass is 371 g/mol. The number of anilines is 1. The molecule has 1 aliphatic carbocycles. The number of carboxylic acid groups (broad SMARTS) is 1. The molecule has 0 radical (unpaired) electrons. The standard InChI is InChI=1S/C18H17N3O4S/c19-17(20)13-5-6-14(26-13)18(25)21-11-3-4-12-9(7-11)1-2-10(16(12)24)8-15(22)23/h3-7,10H,1-2,8H2,(H3,19,20)(H,21,25)(H,22,23). The van der Waals surface area contributed by atoms with E-state index in [4.69, 9.17) is 16.2 Å². The Balaban J connectivity index is 1.75. The highest BCUT2D eigenvalue weighted by Crippen LogP contribution is 2.30. The Labute approximate surface area is 153 Å². The predicted molar refractivity (Wildman–Crippen MR) is 98.1 cm³/mol. The topological polar surface area (TPSA) is 133 Å². The normalized spacial score (nSPS) is 16.0. The van der Waals surface area contributed by atoms with Gasteiger partial charge in [0, 0.05) is 17.2 Å². The molecule has 0 fully saturated rings. The summed E-state index contributed by atoms with van der Waals surface area (Å²) in [5, 5.41) is 19.1. The minimum Gasteiger partial charge on any atom is -0.481 e. The number of carbonyl (C=O) groups is 3. The lowest BCUT2D eigenvalue weighted by Crippen LogP contribution is -2.25. The molecule has 134 valence electrons. The number of nitrogens with two attached hydrogens (primary N) is 1. The number of nitrogens with one attached hydrogen (secondary N) is 2. The van der Waals surface area contributed by atoms with Crippen LogP contribution in [0.25, 0.3) is 0 Å². The van der Waals surface area contributed by atoms with Gasteiger partial charge >= 0.3 is 5.97 Å². The molecule has 1 aromatic carbocycles. The maximum Gasteiger partial charge on any atom is 0.304 e. The fourth-order valence-corrected chi connectivity index (χ4v) is 3.77. The van der Waals surface area contributed by atoms with Crippen molar-refractivity contribution in [1.29, 1.82) is 5.41 Å². The van der Waals surface area contributed by atoms with Gasteiger partial charge in [-0.2, -0.15) is 0 Å². The van der Waals surface area contributed by atoms with Crippen molar-refractivity contribution < 1.29 is 19.5 Å². The van der Waals surface area contributed by atoms with Gasteiger partial charge in [0.2, 0.25) is 0 Å². The lowest BCUT2D eigenvalue weighted by molar-refractivity contribution is -0.137. The molecule has 5 N–H and O–H groups in total. The Morgan fingerprint density at radius 2 is 2.00 bits per heavy atom. The molecule has 0 saturated heterocycles. The molecule has 0 bridgehead atoms. The number of ketones is 1. The van der Waals surface area contributed by atoms with Gasteiger partial charge < -0.3 is 16.2 Å². The summed E-state index contributed by atoms with van der Waals surface area (Å²) in [6, 6.07) is 8.25. The summed E-state index contributed by atoms with van der Waals surface area (Å²) in [5.74, 6) is -2.02. The molecule has 2 aromatic rings. The number of nitrogen functional groups attached to an aromatic ring is 1. The first-order valence-corrected chi connectivity index (χ1v) is 8.81. The third kappa shape index (κ3) is 3.65. The van der Waals surface area contributed by atoms with Gasteiger partial charge in [-0.3, -0.25) is 19.8 Å². The molecule has 3 rings (SSSR count). The minimum absolute atomic E-state index is 0.0859. The van der Waals surface area contributed by atoms with Crippen LogP contribution in [0.1, 0.15) is 43.3 Å². The molecular weight excluding hydrogens is 354 g/mol. The van der Waals surface area contributed by atoms with Crippen molar-refractivity contribution in [2.24, 2.45) is 11.7 Å². The van der Waals surface area contributed by atoms with Crippen molar-refractivity contribution in [3.05, 3.63) is 51.2 Å². The van der Waals surface area contributed by atoms with Crippen LogP contribution in [0.4, 0.5) is 5.69 Å². The number of hydrogen-bond acceptors (Lipinski definition) is 5. The second-order valence-corrected chi connectivity index (χ2v) is 7.19. The number of rotatable bonds is 5. The summed E-state index contributed by atoms with van der Waals surface area (Å²) in [6.07, 6.45) is 0.923. The van der Waals surface area contributed by atoms with Crippen molar-refractivity contribution in [3.63, 3.8) is 0 Å². The van der Waals surface area contributed by atoms with Gasteiger partial charge in [-0.15, -0.1) is 11.3 Å². The number of benzene rings is 1. The zero-order valence-corrected chi connectivity index (χ0v) is 14.6. The number of amidine groups is 1. The van der Waals surface area contributed by atoms with Crippen molar-refractivity contribution in [3.8, 4) is 0 Å². The molecule has 1 amide bonds. The van der Waals surface area contributed by atoms with E-state index in [9.17, 15) is 14.4 Å². The van der Waals surface area contributed by atoms with Gasteiger partial charge in [0.1, 0.15) is 5.84 Å². The van der Waals surface area contributed by atoms with E-state index in [1.165, 1.54) is 0 Å². The largest absolute Gasteiger partial charge is 0.481 e. The highest BCUT2D eigenvalue weighted by atomic mass is 32.1. The van der Waals surface area contributed by atoms with Crippen molar-refractivity contribution in [2.45, 2.75) is 19.3 Å². The summed E-state index contributed by atoms with van der Waals surface area (Å²) in [7, 11) is 0. The molecule has 1 atom stereocenters. The van der Waals surface area contributed by atoms with Gasteiger partial charge in [0.05, 0.1) is 16.2 Å². The number of fused-ring (bicyclic) bond motifs is 1. The third-order valence-corrected chi connectivity index (χ3v) is 5.40. The van der Waals surface area contributed by atoms with Crippen molar-refractivity contribution in [2.75, 3.05) is 5.32 Å². The van der Waals surface area contributed by atoms with Crippen LogP contribution in [-0.4, -0.2) is 28.6 Å². The number of amides is 1. The number of thiophene rings is 1. The van der Waals surface area contributed by atoms with E-state index in [2.05, 4.69) is 5.32 Å². The predicted octanol–water partition coefficient (Wildman–Crippen LogP) is 2.50. The molecule has 0 spiro atoms.